The van der Waals surface area contributed by atoms with Gasteiger partial charge in [0.2, 0.25) is 0 Å². The zero-order valence-corrected chi connectivity index (χ0v) is 13.3. The average Bonchev–Trinajstić information content (AvgIpc) is 3.18. The normalized spacial score (nSPS) is 17.6. The molecule has 118 valence electrons. The number of H-pyrrole nitrogens is 1. The number of aromatic nitrogens is 3. The summed E-state index contributed by atoms with van der Waals surface area (Å²) in [5, 5.41) is 7.07. The molecule has 1 N–H and O–H groups in total. The number of methoxy groups -OCH3 is 1. The van der Waals surface area contributed by atoms with E-state index in [9.17, 15) is 0 Å². The number of benzene rings is 1. The molecule has 2 heterocycles. The van der Waals surface area contributed by atoms with E-state index in [4.69, 9.17) is 26.4 Å². The Morgan fingerprint density at radius 2 is 2.14 bits per heavy atom. The van der Waals surface area contributed by atoms with Crippen molar-refractivity contribution in [3.05, 3.63) is 34.9 Å². The van der Waals surface area contributed by atoms with E-state index in [1.807, 2.05) is 28.8 Å². The first-order chi connectivity index (χ1) is 10.8. The molecule has 0 aliphatic carbocycles. The van der Waals surface area contributed by atoms with Crippen molar-refractivity contribution in [1.82, 2.24) is 14.8 Å². The Bertz CT molecular complexity index is 659. The average molecular weight is 321 g/mol. The minimum Gasteiger partial charge on any atom is -0.497 e. The first-order valence-corrected chi connectivity index (χ1v) is 7.69. The van der Waals surface area contributed by atoms with E-state index in [1.165, 1.54) is 0 Å². The molecule has 7 heteroatoms. The first-order valence-electron chi connectivity index (χ1n) is 7.29. The summed E-state index contributed by atoms with van der Waals surface area (Å²) in [6.07, 6.45) is 2.38. The molecule has 3 rings (SSSR count). The standard InChI is InChI=1S/C15H19N3O3S/c1-19-11-4-6-12(7-5-11)21-10-14-16-17-15(22)18(14)9-13-3-2-8-20-13/h4-7,13H,2-3,8-10H2,1H3,(H,17,22). The zero-order chi connectivity index (χ0) is 15.4. The van der Waals surface area contributed by atoms with Crippen LogP contribution >= 0.6 is 12.2 Å². The minimum absolute atomic E-state index is 0.212. The SMILES string of the molecule is COc1ccc(OCc2n[nH]c(=S)n2CC2CCCO2)cc1. The number of hydrogen-bond donors (Lipinski definition) is 1. The summed E-state index contributed by atoms with van der Waals surface area (Å²) in [5.41, 5.74) is 0. The zero-order valence-electron chi connectivity index (χ0n) is 12.4. The Kier molecular flexibility index (Phi) is 4.74. The fourth-order valence-electron chi connectivity index (χ4n) is 2.46. The van der Waals surface area contributed by atoms with Gasteiger partial charge in [-0.05, 0) is 49.3 Å². The molecule has 0 spiro atoms. The third-order valence-electron chi connectivity index (χ3n) is 3.67. The second-order valence-electron chi connectivity index (χ2n) is 5.15. The van der Waals surface area contributed by atoms with Crippen molar-refractivity contribution in [2.24, 2.45) is 0 Å². The third kappa shape index (κ3) is 3.48. The van der Waals surface area contributed by atoms with Crippen molar-refractivity contribution in [3.8, 4) is 11.5 Å². The molecule has 0 amide bonds. The van der Waals surface area contributed by atoms with E-state index < -0.39 is 0 Å². The molecular weight excluding hydrogens is 302 g/mol. The molecule has 0 saturated carbocycles. The van der Waals surface area contributed by atoms with Gasteiger partial charge in [-0.25, -0.2) is 0 Å². The van der Waals surface area contributed by atoms with Gasteiger partial charge in [0.05, 0.1) is 19.8 Å². The summed E-state index contributed by atoms with van der Waals surface area (Å²) >= 11 is 5.29. The van der Waals surface area contributed by atoms with Crippen LogP contribution in [0.2, 0.25) is 0 Å². The lowest BCUT2D eigenvalue weighted by Crippen LogP contribution is -2.18. The lowest BCUT2D eigenvalue weighted by Gasteiger charge is -2.12. The summed E-state index contributed by atoms with van der Waals surface area (Å²) in [6, 6.07) is 7.45. The molecule has 22 heavy (non-hydrogen) atoms. The second-order valence-corrected chi connectivity index (χ2v) is 5.54. The van der Waals surface area contributed by atoms with E-state index in [1.54, 1.807) is 7.11 Å². The molecule has 1 fully saturated rings. The molecule has 1 atom stereocenters. The van der Waals surface area contributed by atoms with Crippen molar-refractivity contribution in [1.29, 1.82) is 0 Å². The Morgan fingerprint density at radius 1 is 1.36 bits per heavy atom. The van der Waals surface area contributed by atoms with Gasteiger partial charge in [-0.2, -0.15) is 5.10 Å². The smallest absolute Gasteiger partial charge is 0.195 e. The largest absolute Gasteiger partial charge is 0.497 e. The lowest BCUT2D eigenvalue weighted by molar-refractivity contribution is 0.0949. The van der Waals surface area contributed by atoms with Crippen molar-refractivity contribution in [2.45, 2.75) is 32.1 Å². The Balaban J connectivity index is 1.65. The highest BCUT2D eigenvalue weighted by Crippen LogP contribution is 2.19. The molecule has 1 aromatic carbocycles. The number of ether oxygens (including phenoxy) is 3. The van der Waals surface area contributed by atoms with Crippen LogP contribution in [0, 0.1) is 4.77 Å². The van der Waals surface area contributed by atoms with Crippen LogP contribution in [-0.2, 0) is 17.9 Å². The lowest BCUT2D eigenvalue weighted by atomic mass is 10.2. The van der Waals surface area contributed by atoms with Crippen molar-refractivity contribution < 1.29 is 14.2 Å². The van der Waals surface area contributed by atoms with E-state index in [0.29, 0.717) is 11.4 Å². The van der Waals surface area contributed by atoms with Gasteiger partial charge in [0.25, 0.3) is 0 Å². The van der Waals surface area contributed by atoms with Crippen molar-refractivity contribution >= 4 is 12.2 Å². The molecule has 1 saturated heterocycles. The van der Waals surface area contributed by atoms with Crippen LogP contribution in [0.25, 0.3) is 0 Å². The molecule has 1 unspecified atom stereocenters. The molecule has 0 bridgehead atoms. The highest BCUT2D eigenvalue weighted by atomic mass is 32.1. The molecule has 2 aromatic rings. The second kappa shape index (κ2) is 6.93. The summed E-state index contributed by atoms with van der Waals surface area (Å²) in [6.45, 7) is 1.90. The maximum Gasteiger partial charge on any atom is 0.195 e. The van der Waals surface area contributed by atoms with Crippen LogP contribution in [0.15, 0.2) is 24.3 Å². The Labute approximate surface area is 134 Å². The summed E-state index contributed by atoms with van der Waals surface area (Å²) < 4.78 is 19.1. The fourth-order valence-corrected chi connectivity index (χ4v) is 2.69. The predicted molar refractivity (Wildman–Crippen MR) is 83.7 cm³/mol. The van der Waals surface area contributed by atoms with Gasteiger partial charge in [0.15, 0.2) is 10.6 Å². The Hall–Kier alpha value is -1.86. The number of rotatable bonds is 6. The number of nitrogens with zero attached hydrogens (tertiary/aromatic N) is 2. The highest BCUT2D eigenvalue weighted by Gasteiger charge is 2.18. The van der Waals surface area contributed by atoms with Crippen LogP contribution in [0.4, 0.5) is 0 Å². The maximum absolute atomic E-state index is 5.76. The van der Waals surface area contributed by atoms with Crippen molar-refractivity contribution in [3.63, 3.8) is 0 Å². The van der Waals surface area contributed by atoms with Crippen LogP contribution in [0.5, 0.6) is 11.5 Å². The number of aromatic amines is 1. The van der Waals surface area contributed by atoms with E-state index in [0.717, 1.165) is 43.3 Å². The number of nitrogens with one attached hydrogen (secondary N) is 1. The fraction of sp³-hybridized carbons (Fsp3) is 0.467. The van der Waals surface area contributed by atoms with E-state index >= 15 is 0 Å². The maximum atomic E-state index is 5.76. The predicted octanol–water partition coefficient (Wildman–Crippen LogP) is 2.71. The van der Waals surface area contributed by atoms with Crippen LogP contribution in [0.3, 0.4) is 0 Å². The van der Waals surface area contributed by atoms with E-state index in [-0.39, 0.29) is 6.10 Å². The van der Waals surface area contributed by atoms with Crippen LogP contribution in [-0.4, -0.2) is 34.6 Å². The topological polar surface area (TPSA) is 61.3 Å². The first kappa shape index (κ1) is 15.1. The van der Waals surface area contributed by atoms with Gasteiger partial charge in [-0.1, -0.05) is 0 Å². The third-order valence-corrected chi connectivity index (χ3v) is 3.99. The van der Waals surface area contributed by atoms with Gasteiger partial charge in [0.1, 0.15) is 18.1 Å². The van der Waals surface area contributed by atoms with Gasteiger partial charge >= 0.3 is 0 Å². The quantitative estimate of drug-likeness (QED) is 0.829. The molecule has 0 radical (unpaired) electrons. The van der Waals surface area contributed by atoms with Crippen molar-refractivity contribution in [2.75, 3.05) is 13.7 Å². The van der Waals surface area contributed by atoms with Gasteiger partial charge in [-0.15, -0.1) is 0 Å². The van der Waals surface area contributed by atoms with Gasteiger partial charge in [-0.3, -0.25) is 9.67 Å². The minimum atomic E-state index is 0.212. The molecule has 1 aliphatic heterocycles. The van der Waals surface area contributed by atoms with Crippen LogP contribution in [0.1, 0.15) is 18.7 Å². The molecule has 1 aromatic heterocycles. The van der Waals surface area contributed by atoms with E-state index in [2.05, 4.69) is 10.2 Å². The number of hydrogen-bond acceptors (Lipinski definition) is 5. The molecule has 1 aliphatic rings. The molecule has 6 nitrogen and oxygen atoms in total. The Morgan fingerprint density at radius 3 is 2.82 bits per heavy atom. The molecular formula is C15H19N3O3S. The monoisotopic (exact) mass is 321 g/mol. The van der Waals surface area contributed by atoms with Gasteiger partial charge in [0, 0.05) is 6.61 Å². The highest BCUT2D eigenvalue weighted by molar-refractivity contribution is 7.71. The summed E-state index contributed by atoms with van der Waals surface area (Å²) in [5.74, 6) is 2.34. The summed E-state index contributed by atoms with van der Waals surface area (Å²) in [7, 11) is 1.64. The van der Waals surface area contributed by atoms with Gasteiger partial charge < -0.3 is 14.2 Å². The summed E-state index contributed by atoms with van der Waals surface area (Å²) in [4.78, 5) is 0. The van der Waals surface area contributed by atoms with Crippen LogP contribution < -0.4 is 9.47 Å².